The first-order chi connectivity index (χ1) is 8.78. The minimum absolute atomic E-state index is 0.0634. The second kappa shape index (κ2) is 4.72. The molecule has 3 rings (SSSR count). The summed E-state index contributed by atoms with van der Waals surface area (Å²) in [6.07, 6.45) is 5.08. The highest BCUT2D eigenvalue weighted by molar-refractivity contribution is 5.35. The molecule has 0 aromatic carbocycles. The zero-order valence-corrected chi connectivity index (χ0v) is 10.6. The minimum Gasteiger partial charge on any atom is -0.342 e. The first-order valence-corrected chi connectivity index (χ1v) is 6.85. The van der Waals surface area contributed by atoms with Gasteiger partial charge < -0.3 is 10.6 Å². The third kappa shape index (κ3) is 2.03. The van der Waals surface area contributed by atoms with Gasteiger partial charge in [-0.2, -0.15) is 0 Å². The van der Waals surface area contributed by atoms with Crippen LogP contribution in [0.25, 0.3) is 0 Å². The molecular weight excluding hydrogens is 228 g/mol. The summed E-state index contributed by atoms with van der Waals surface area (Å²) >= 11 is 0. The molecule has 1 aliphatic carbocycles. The number of aryl methyl sites for hydroxylation is 1. The molecule has 0 atom stereocenters. The van der Waals surface area contributed by atoms with Crippen molar-refractivity contribution >= 4 is 5.95 Å². The Kier molecular flexibility index (Phi) is 3.07. The number of nitrogens with two attached hydrogens (primary N) is 1. The lowest BCUT2D eigenvalue weighted by Gasteiger charge is -2.31. The van der Waals surface area contributed by atoms with Crippen LogP contribution in [0.3, 0.4) is 0 Å². The molecule has 98 valence electrons. The molecule has 2 aliphatic rings. The molecule has 1 aromatic rings. The van der Waals surface area contributed by atoms with E-state index in [2.05, 4.69) is 14.9 Å². The number of nitrogens with one attached hydrogen (secondary N) is 1. The highest BCUT2D eigenvalue weighted by atomic mass is 16.1. The standard InChI is InChI=1S/C13H20N4O/c14-8-9-4-6-17(7-5-9)13-15-11-3-1-2-10(11)12(18)16-13/h9H,1-8,14H2,(H,15,16,18). The summed E-state index contributed by atoms with van der Waals surface area (Å²) in [6, 6.07) is 0. The Labute approximate surface area is 106 Å². The Morgan fingerprint density at radius 1 is 1.33 bits per heavy atom. The molecular formula is C13H20N4O. The average Bonchev–Trinajstić information content (AvgIpc) is 2.88. The predicted molar refractivity (Wildman–Crippen MR) is 70.9 cm³/mol. The molecule has 5 nitrogen and oxygen atoms in total. The van der Waals surface area contributed by atoms with Crippen LogP contribution in [0.4, 0.5) is 5.95 Å². The third-order valence-electron chi connectivity index (χ3n) is 4.18. The molecule has 0 spiro atoms. The van der Waals surface area contributed by atoms with Gasteiger partial charge in [-0.1, -0.05) is 0 Å². The van der Waals surface area contributed by atoms with E-state index in [1.54, 1.807) is 0 Å². The number of anilines is 1. The Morgan fingerprint density at radius 2 is 2.11 bits per heavy atom. The number of aromatic amines is 1. The summed E-state index contributed by atoms with van der Waals surface area (Å²) in [4.78, 5) is 21.7. The molecule has 1 fully saturated rings. The van der Waals surface area contributed by atoms with Crippen molar-refractivity contribution in [3.05, 3.63) is 21.6 Å². The fraction of sp³-hybridized carbons (Fsp3) is 0.692. The van der Waals surface area contributed by atoms with Gasteiger partial charge in [-0.3, -0.25) is 9.78 Å². The topological polar surface area (TPSA) is 75.0 Å². The summed E-state index contributed by atoms with van der Waals surface area (Å²) in [5.41, 5.74) is 7.66. The van der Waals surface area contributed by atoms with Gasteiger partial charge in [0.05, 0.1) is 5.69 Å². The van der Waals surface area contributed by atoms with Crippen LogP contribution in [-0.2, 0) is 12.8 Å². The fourth-order valence-corrected chi connectivity index (χ4v) is 2.96. The van der Waals surface area contributed by atoms with E-state index in [4.69, 9.17) is 5.73 Å². The van der Waals surface area contributed by atoms with Gasteiger partial charge in [0.25, 0.3) is 5.56 Å². The second-order valence-corrected chi connectivity index (χ2v) is 5.33. The molecule has 3 N–H and O–H groups in total. The lowest BCUT2D eigenvalue weighted by Crippen LogP contribution is -2.38. The van der Waals surface area contributed by atoms with E-state index >= 15 is 0 Å². The molecule has 0 bridgehead atoms. The summed E-state index contributed by atoms with van der Waals surface area (Å²) in [7, 11) is 0. The second-order valence-electron chi connectivity index (χ2n) is 5.33. The maximum absolute atomic E-state index is 12.0. The Morgan fingerprint density at radius 3 is 2.83 bits per heavy atom. The maximum atomic E-state index is 12.0. The average molecular weight is 248 g/mol. The van der Waals surface area contributed by atoms with E-state index in [1.165, 1.54) is 0 Å². The van der Waals surface area contributed by atoms with Crippen LogP contribution in [0, 0.1) is 5.92 Å². The number of H-pyrrole nitrogens is 1. The van der Waals surface area contributed by atoms with Crippen molar-refractivity contribution in [3.63, 3.8) is 0 Å². The lowest BCUT2D eigenvalue weighted by molar-refractivity contribution is 0.411. The molecule has 1 aromatic heterocycles. The van der Waals surface area contributed by atoms with Gasteiger partial charge in [0.1, 0.15) is 0 Å². The fourth-order valence-electron chi connectivity index (χ4n) is 2.96. The number of aromatic nitrogens is 2. The first kappa shape index (κ1) is 11.7. The number of fused-ring (bicyclic) bond motifs is 1. The first-order valence-electron chi connectivity index (χ1n) is 6.85. The molecule has 0 unspecified atom stereocenters. The van der Waals surface area contributed by atoms with Gasteiger partial charge in [0.15, 0.2) is 0 Å². The number of piperidine rings is 1. The lowest BCUT2D eigenvalue weighted by atomic mass is 9.97. The predicted octanol–water partition coefficient (Wildman–Crippen LogP) is 0.434. The van der Waals surface area contributed by atoms with Crippen LogP contribution in [0.2, 0.25) is 0 Å². The van der Waals surface area contributed by atoms with Gasteiger partial charge >= 0.3 is 0 Å². The molecule has 0 radical (unpaired) electrons. The van der Waals surface area contributed by atoms with E-state index in [9.17, 15) is 4.79 Å². The SMILES string of the molecule is NCC1CCN(c2nc3c(c(=O)[nH]2)CCC3)CC1. The molecule has 1 saturated heterocycles. The number of hydrogen-bond acceptors (Lipinski definition) is 4. The van der Waals surface area contributed by atoms with Gasteiger partial charge in [0.2, 0.25) is 5.95 Å². The van der Waals surface area contributed by atoms with Crippen molar-refractivity contribution in [2.24, 2.45) is 11.7 Å². The maximum Gasteiger partial charge on any atom is 0.255 e. The summed E-state index contributed by atoms with van der Waals surface area (Å²) in [5.74, 6) is 1.39. The molecule has 5 heteroatoms. The highest BCUT2D eigenvalue weighted by Crippen LogP contribution is 2.22. The van der Waals surface area contributed by atoms with Crippen molar-refractivity contribution in [3.8, 4) is 0 Å². The van der Waals surface area contributed by atoms with Crippen molar-refractivity contribution in [1.29, 1.82) is 0 Å². The van der Waals surface area contributed by atoms with Crippen molar-refractivity contribution in [2.45, 2.75) is 32.1 Å². The van der Waals surface area contributed by atoms with Gasteiger partial charge in [-0.05, 0) is 44.6 Å². The summed E-state index contributed by atoms with van der Waals surface area (Å²) < 4.78 is 0. The Bertz CT molecular complexity index is 488. The summed E-state index contributed by atoms with van der Waals surface area (Å²) in [5, 5.41) is 0. The quantitative estimate of drug-likeness (QED) is 0.796. The molecule has 1 aliphatic heterocycles. The van der Waals surface area contributed by atoms with Gasteiger partial charge in [0, 0.05) is 18.7 Å². The Hall–Kier alpha value is -1.36. The van der Waals surface area contributed by atoms with Gasteiger partial charge in [-0.25, -0.2) is 4.98 Å². The number of rotatable bonds is 2. The van der Waals surface area contributed by atoms with Gasteiger partial charge in [-0.15, -0.1) is 0 Å². The zero-order chi connectivity index (χ0) is 12.5. The third-order valence-corrected chi connectivity index (χ3v) is 4.18. The number of hydrogen-bond donors (Lipinski definition) is 2. The van der Waals surface area contributed by atoms with E-state index < -0.39 is 0 Å². The molecule has 2 heterocycles. The molecule has 0 saturated carbocycles. The minimum atomic E-state index is 0.0634. The van der Waals surface area contributed by atoms with E-state index in [0.29, 0.717) is 5.92 Å². The van der Waals surface area contributed by atoms with Crippen LogP contribution in [-0.4, -0.2) is 29.6 Å². The molecule has 18 heavy (non-hydrogen) atoms. The van der Waals surface area contributed by atoms with E-state index in [1.807, 2.05) is 0 Å². The van der Waals surface area contributed by atoms with Crippen LogP contribution >= 0.6 is 0 Å². The monoisotopic (exact) mass is 248 g/mol. The zero-order valence-electron chi connectivity index (χ0n) is 10.6. The summed E-state index contributed by atoms with van der Waals surface area (Å²) in [6.45, 7) is 2.66. The number of nitrogens with zero attached hydrogens (tertiary/aromatic N) is 2. The van der Waals surface area contributed by atoms with Crippen LogP contribution < -0.4 is 16.2 Å². The largest absolute Gasteiger partial charge is 0.342 e. The Balaban J connectivity index is 1.81. The van der Waals surface area contributed by atoms with Crippen LogP contribution in [0.5, 0.6) is 0 Å². The normalized spacial score (nSPS) is 20.2. The van der Waals surface area contributed by atoms with E-state index in [-0.39, 0.29) is 5.56 Å². The smallest absolute Gasteiger partial charge is 0.255 e. The van der Waals surface area contributed by atoms with Crippen LogP contribution in [0.1, 0.15) is 30.5 Å². The van der Waals surface area contributed by atoms with Crippen molar-refractivity contribution in [2.75, 3.05) is 24.5 Å². The van der Waals surface area contributed by atoms with Crippen molar-refractivity contribution < 1.29 is 0 Å². The molecule has 0 amide bonds. The van der Waals surface area contributed by atoms with E-state index in [0.717, 1.165) is 68.9 Å². The van der Waals surface area contributed by atoms with Crippen molar-refractivity contribution in [1.82, 2.24) is 9.97 Å². The van der Waals surface area contributed by atoms with Crippen LogP contribution in [0.15, 0.2) is 4.79 Å². The highest BCUT2D eigenvalue weighted by Gasteiger charge is 2.22.